The summed E-state index contributed by atoms with van der Waals surface area (Å²) >= 11 is 12.8. The van der Waals surface area contributed by atoms with Crippen LogP contribution in [0.4, 0.5) is 5.69 Å². The van der Waals surface area contributed by atoms with E-state index in [1.54, 1.807) is 37.3 Å². The largest absolute Gasteiger partial charge is 0.352 e. The van der Waals surface area contributed by atoms with Gasteiger partial charge in [0.1, 0.15) is 12.6 Å². The van der Waals surface area contributed by atoms with Crippen molar-refractivity contribution in [3.63, 3.8) is 0 Å². The molecule has 0 aliphatic carbocycles. The summed E-state index contributed by atoms with van der Waals surface area (Å²) in [6, 6.07) is 9.27. The van der Waals surface area contributed by atoms with Crippen LogP contribution in [-0.4, -0.2) is 50.0 Å². The molecule has 0 bridgehead atoms. The van der Waals surface area contributed by atoms with Crippen molar-refractivity contribution in [3.8, 4) is 0 Å². The molecular weight excluding hydrogens is 521 g/mol. The number of carbonyl (C=O) groups is 2. The maximum absolute atomic E-state index is 13.8. The fourth-order valence-electron chi connectivity index (χ4n) is 3.71. The van der Waals surface area contributed by atoms with Gasteiger partial charge in [0.05, 0.1) is 11.9 Å². The second-order valence-electron chi connectivity index (χ2n) is 9.00. The lowest BCUT2D eigenvalue weighted by atomic mass is 10.1. The van der Waals surface area contributed by atoms with Gasteiger partial charge in [-0.25, -0.2) is 8.42 Å². The number of amides is 2. The highest BCUT2D eigenvalue weighted by molar-refractivity contribution is 7.92. The van der Waals surface area contributed by atoms with Crippen LogP contribution in [0.3, 0.4) is 0 Å². The van der Waals surface area contributed by atoms with Crippen molar-refractivity contribution in [2.75, 3.05) is 17.1 Å². The van der Waals surface area contributed by atoms with Gasteiger partial charge in [-0.1, -0.05) is 49.2 Å². The van der Waals surface area contributed by atoms with E-state index in [4.69, 9.17) is 23.2 Å². The lowest BCUT2D eigenvalue weighted by Crippen LogP contribution is -2.53. The number of rotatable bonds is 11. The number of carbonyl (C=O) groups excluding carboxylic acids is 2. The number of aryl methyl sites for hydroxylation is 2. The first kappa shape index (κ1) is 29.9. The molecule has 0 saturated carbocycles. The van der Waals surface area contributed by atoms with Crippen molar-refractivity contribution < 1.29 is 18.0 Å². The molecule has 36 heavy (non-hydrogen) atoms. The smallest absolute Gasteiger partial charge is 0.244 e. The number of benzene rings is 2. The van der Waals surface area contributed by atoms with E-state index in [2.05, 4.69) is 5.32 Å². The highest BCUT2D eigenvalue weighted by Gasteiger charge is 2.33. The third-order valence-electron chi connectivity index (χ3n) is 6.23. The van der Waals surface area contributed by atoms with Gasteiger partial charge in [-0.15, -0.1) is 0 Å². The minimum absolute atomic E-state index is 0.0473. The lowest BCUT2D eigenvalue weighted by molar-refractivity contribution is -0.140. The van der Waals surface area contributed by atoms with Gasteiger partial charge in [0.15, 0.2) is 0 Å². The van der Waals surface area contributed by atoms with Crippen molar-refractivity contribution in [1.82, 2.24) is 10.2 Å². The maximum atomic E-state index is 13.8. The van der Waals surface area contributed by atoms with Crippen molar-refractivity contribution in [2.45, 2.75) is 66.1 Å². The van der Waals surface area contributed by atoms with E-state index in [0.29, 0.717) is 27.7 Å². The summed E-state index contributed by atoms with van der Waals surface area (Å²) in [6.07, 6.45) is 2.09. The predicted octanol–water partition coefficient (Wildman–Crippen LogP) is 5.10. The first-order chi connectivity index (χ1) is 16.8. The van der Waals surface area contributed by atoms with Crippen LogP contribution in [0.25, 0.3) is 0 Å². The number of hydrogen-bond acceptors (Lipinski definition) is 4. The molecule has 0 fully saturated rings. The van der Waals surface area contributed by atoms with Crippen LogP contribution in [0, 0.1) is 13.8 Å². The van der Waals surface area contributed by atoms with E-state index in [1.807, 2.05) is 33.8 Å². The van der Waals surface area contributed by atoms with Gasteiger partial charge in [0, 0.05) is 28.2 Å². The molecule has 10 heteroatoms. The van der Waals surface area contributed by atoms with Gasteiger partial charge in [-0.3, -0.25) is 13.9 Å². The number of nitrogens with one attached hydrogen (secondary N) is 1. The van der Waals surface area contributed by atoms with Gasteiger partial charge in [-0.2, -0.15) is 0 Å². The zero-order valence-corrected chi connectivity index (χ0v) is 24.0. The van der Waals surface area contributed by atoms with Gasteiger partial charge in [-0.05, 0) is 69.0 Å². The zero-order chi connectivity index (χ0) is 27.2. The van der Waals surface area contributed by atoms with Crippen LogP contribution in [-0.2, 0) is 26.2 Å². The van der Waals surface area contributed by atoms with Gasteiger partial charge >= 0.3 is 0 Å². The normalized spacial score (nSPS) is 13.1. The predicted molar refractivity (Wildman–Crippen MR) is 147 cm³/mol. The lowest BCUT2D eigenvalue weighted by Gasteiger charge is -2.33. The fourth-order valence-corrected chi connectivity index (χ4v) is 5.07. The zero-order valence-electron chi connectivity index (χ0n) is 21.6. The van der Waals surface area contributed by atoms with E-state index >= 15 is 0 Å². The first-order valence-electron chi connectivity index (χ1n) is 11.9. The molecule has 2 rings (SSSR count). The molecule has 1 N–H and O–H groups in total. The Kier molecular flexibility index (Phi) is 10.6. The molecule has 2 aromatic rings. The molecule has 0 aliphatic heterocycles. The van der Waals surface area contributed by atoms with Crippen LogP contribution < -0.4 is 9.62 Å². The SMILES string of the molecule is CC[C@H](C(=O)N[C@@H](C)CC)N(Cc1c(Cl)cccc1Cl)C(=O)CN(c1ccc(C)c(C)c1)S(C)(=O)=O. The summed E-state index contributed by atoms with van der Waals surface area (Å²) in [4.78, 5) is 28.3. The Labute approximate surface area is 224 Å². The van der Waals surface area contributed by atoms with E-state index in [0.717, 1.165) is 28.1 Å². The van der Waals surface area contributed by atoms with E-state index < -0.39 is 28.5 Å². The summed E-state index contributed by atoms with van der Waals surface area (Å²) in [6.45, 7) is 8.90. The molecule has 0 aliphatic rings. The molecule has 2 amide bonds. The quantitative estimate of drug-likeness (QED) is 0.418. The standard InChI is InChI=1S/C26H35Cl2N3O4S/c1-7-19(5)29-26(33)24(8-2)30(15-21-22(27)10-9-11-23(21)28)25(32)16-31(36(6,34)35)20-13-12-17(3)18(4)14-20/h9-14,19,24H,7-8,15-16H2,1-6H3,(H,29,33)/t19-,24+/m0/s1. The Morgan fingerprint density at radius 1 is 1.00 bits per heavy atom. The molecule has 2 aromatic carbocycles. The van der Waals surface area contributed by atoms with Crippen LogP contribution in [0.1, 0.15) is 50.3 Å². The van der Waals surface area contributed by atoms with Crippen molar-refractivity contribution in [2.24, 2.45) is 0 Å². The molecule has 198 valence electrons. The molecule has 0 unspecified atom stereocenters. The van der Waals surface area contributed by atoms with Crippen LogP contribution in [0.5, 0.6) is 0 Å². The molecular formula is C26H35Cl2N3O4S. The Hall–Kier alpha value is -2.29. The highest BCUT2D eigenvalue weighted by atomic mass is 35.5. The molecule has 0 aromatic heterocycles. The molecule has 0 heterocycles. The van der Waals surface area contributed by atoms with Crippen LogP contribution in [0.15, 0.2) is 36.4 Å². The summed E-state index contributed by atoms with van der Waals surface area (Å²) in [7, 11) is -3.81. The molecule has 0 saturated heterocycles. The van der Waals surface area contributed by atoms with Crippen molar-refractivity contribution in [1.29, 1.82) is 0 Å². The average Bonchev–Trinajstić information content (AvgIpc) is 2.80. The van der Waals surface area contributed by atoms with Crippen molar-refractivity contribution >= 4 is 50.7 Å². The summed E-state index contributed by atoms with van der Waals surface area (Å²) in [5.41, 5.74) is 2.76. The number of anilines is 1. The number of nitrogens with zero attached hydrogens (tertiary/aromatic N) is 2. The van der Waals surface area contributed by atoms with E-state index in [9.17, 15) is 18.0 Å². The van der Waals surface area contributed by atoms with Crippen molar-refractivity contribution in [3.05, 3.63) is 63.1 Å². The van der Waals surface area contributed by atoms with E-state index in [-0.39, 0.29) is 18.5 Å². The van der Waals surface area contributed by atoms with Crippen LogP contribution in [0.2, 0.25) is 10.0 Å². The van der Waals surface area contributed by atoms with Gasteiger partial charge < -0.3 is 10.2 Å². The van der Waals surface area contributed by atoms with Gasteiger partial charge in [0.2, 0.25) is 21.8 Å². The van der Waals surface area contributed by atoms with Crippen LogP contribution >= 0.6 is 23.2 Å². The Balaban J connectivity index is 2.52. The summed E-state index contributed by atoms with van der Waals surface area (Å²) in [5, 5.41) is 3.64. The first-order valence-corrected chi connectivity index (χ1v) is 14.5. The highest BCUT2D eigenvalue weighted by Crippen LogP contribution is 2.28. The third-order valence-corrected chi connectivity index (χ3v) is 8.08. The average molecular weight is 557 g/mol. The number of halogens is 2. The topological polar surface area (TPSA) is 86.8 Å². The molecule has 2 atom stereocenters. The second kappa shape index (κ2) is 12.8. The number of hydrogen-bond donors (Lipinski definition) is 1. The molecule has 0 radical (unpaired) electrons. The molecule has 0 spiro atoms. The monoisotopic (exact) mass is 555 g/mol. The minimum atomic E-state index is -3.81. The van der Waals surface area contributed by atoms with Gasteiger partial charge in [0.25, 0.3) is 0 Å². The number of sulfonamides is 1. The summed E-state index contributed by atoms with van der Waals surface area (Å²) in [5.74, 6) is -0.860. The third kappa shape index (κ3) is 7.60. The van der Waals surface area contributed by atoms with E-state index in [1.165, 1.54) is 4.90 Å². The Morgan fingerprint density at radius 2 is 1.61 bits per heavy atom. The Bertz CT molecular complexity index is 1180. The second-order valence-corrected chi connectivity index (χ2v) is 11.7. The minimum Gasteiger partial charge on any atom is -0.352 e. The fraction of sp³-hybridized carbons (Fsp3) is 0.462. The Morgan fingerprint density at radius 3 is 2.11 bits per heavy atom. The summed E-state index contributed by atoms with van der Waals surface area (Å²) < 4.78 is 26.5. The molecule has 7 nitrogen and oxygen atoms in total. The maximum Gasteiger partial charge on any atom is 0.244 e.